The summed E-state index contributed by atoms with van der Waals surface area (Å²) in [6.45, 7) is 2.01. The maximum absolute atomic E-state index is 13.1. The Morgan fingerprint density at radius 1 is 1.07 bits per heavy atom. The maximum atomic E-state index is 13.1. The largest absolute Gasteiger partial charge is 0.490 e. The molecule has 8 heteroatoms. The third-order valence-electron chi connectivity index (χ3n) is 4.76. The van der Waals surface area contributed by atoms with Gasteiger partial charge in [0.2, 0.25) is 6.23 Å². The Morgan fingerprint density at radius 2 is 1.72 bits per heavy atom. The first-order valence-corrected chi connectivity index (χ1v) is 9.25. The first kappa shape index (κ1) is 20.9. The predicted molar refractivity (Wildman–Crippen MR) is 101 cm³/mol. The average Bonchev–Trinajstić information content (AvgIpc) is 2.72. The summed E-state index contributed by atoms with van der Waals surface area (Å²) in [5, 5.41) is 2.73. The summed E-state index contributed by atoms with van der Waals surface area (Å²) < 4.78 is 42.9. The number of para-hydroxylation sites is 1. The number of alkyl halides is 3. The van der Waals surface area contributed by atoms with Crippen molar-refractivity contribution in [3.63, 3.8) is 0 Å². The van der Waals surface area contributed by atoms with Gasteiger partial charge in [-0.2, -0.15) is 13.2 Å². The van der Waals surface area contributed by atoms with E-state index in [0.29, 0.717) is 18.7 Å². The van der Waals surface area contributed by atoms with Crippen molar-refractivity contribution in [2.24, 2.45) is 0 Å². The summed E-state index contributed by atoms with van der Waals surface area (Å²) in [6, 6.07) is 15.5. The van der Waals surface area contributed by atoms with Crippen molar-refractivity contribution in [3.8, 4) is 0 Å². The molecule has 5 nitrogen and oxygen atoms in total. The summed E-state index contributed by atoms with van der Waals surface area (Å²) in [7, 11) is 0. The fraction of sp³-hybridized carbons (Fsp3) is 0.333. The molecule has 1 aliphatic heterocycles. The molecule has 1 heterocycles. The number of benzene rings is 2. The van der Waals surface area contributed by atoms with Crippen LogP contribution in [0.4, 0.5) is 18.9 Å². The number of hydrogen-bond acceptors (Lipinski definition) is 4. The maximum Gasteiger partial charge on any atom is 0.490 e. The number of carbonyl (C=O) groups excluding carboxylic acids is 2. The monoisotopic (exact) mass is 406 g/mol. The van der Waals surface area contributed by atoms with Crippen LogP contribution in [0, 0.1) is 0 Å². The number of amides is 1. The van der Waals surface area contributed by atoms with E-state index in [4.69, 9.17) is 0 Å². The van der Waals surface area contributed by atoms with Gasteiger partial charge in [-0.05, 0) is 37.0 Å². The van der Waals surface area contributed by atoms with Gasteiger partial charge in [0, 0.05) is 18.3 Å². The van der Waals surface area contributed by atoms with Crippen LogP contribution >= 0.6 is 0 Å². The van der Waals surface area contributed by atoms with E-state index in [0.717, 1.165) is 17.5 Å². The number of halogens is 3. The molecule has 0 fully saturated rings. The highest BCUT2D eigenvalue weighted by molar-refractivity contribution is 5.98. The van der Waals surface area contributed by atoms with Crippen LogP contribution in [-0.4, -0.2) is 30.8 Å². The van der Waals surface area contributed by atoms with Gasteiger partial charge in [0.25, 0.3) is 5.91 Å². The third-order valence-corrected chi connectivity index (χ3v) is 4.76. The molecule has 2 atom stereocenters. The zero-order chi connectivity index (χ0) is 21.0. The van der Waals surface area contributed by atoms with Gasteiger partial charge in [0.1, 0.15) is 0 Å². The smallest absolute Gasteiger partial charge is 0.430 e. The second kappa shape index (κ2) is 8.65. The first-order valence-electron chi connectivity index (χ1n) is 9.25. The van der Waals surface area contributed by atoms with Gasteiger partial charge in [0.05, 0.1) is 0 Å². The van der Waals surface area contributed by atoms with Gasteiger partial charge >= 0.3 is 12.1 Å². The topological polar surface area (TPSA) is 58.6 Å². The second-order valence-electron chi connectivity index (χ2n) is 6.80. The van der Waals surface area contributed by atoms with Crippen molar-refractivity contribution in [2.75, 3.05) is 11.4 Å². The number of nitrogens with zero attached hydrogens (tertiary/aromatic N) is 1. The molecule has 1 unspecified atom stereocenters. The molecule has 0 spiro atoms. The second-order valence-corrected chi connectivity index (χ2v) is 6.80. The highest BCUT2D eigenvalue weighted by Gasteiger charge is 2.44. The fourth-order valence-electron chi connectivity index (χ4n) is 3.30. The van der Waals surface area contributed by atoms with Gasteiger partial charge in [-0.3, -0.25) is 10.1 Å². The Labute approximate surface area is 166 Å². The van der Waals surface area contributed by atoms with Crippen LogP contribution in [0.15, 0.2) is 54.6 Å². The molecular weight excluding hydrogens is 385 g/mol. The number of anilines is 1. The van der Waals surface area contributed by atoms with Gasteiger partial charge in [-0.1, -0.05) is 48.5 Å². The van der Waals surface area contributed by atoms with Gasteiger partial charge in [-0.25, -0.2) is 4.79 Å². The van der Waals surface area contributed by atoms with E-state index in [1.54, 1.807) is 49.4 Å². The molecule has 29 heavy (non-hydrogen) atoms. The van der Waals surface area contributed by atoms with E-state index >= 15 is 0 Å². The van der Waals surface area contributed by atoms with Crippen LogP contribution < -0.4 is 10.2 Å². The van der Waals surface area contributed by atoms with Crippen molar-refractivity contribution in [1.82, 2.24) is 5.32 Å². The lowest BCUT2D eigenvalue weighted by Crippen LogP contribution is -2.52. The zero-order valence-electron chi connectivity index (χ0n) is 15.8. The molecule has 154 valence electrons. The summed E-state index contributed by atoms with van der Waals surface area (Å²) >= 11 is 0. The van der Waals surface area contributed by atoms with E-state index in [9.17, 15) is 22.8 Å². The average molecular weight is 406 g/mol. The minimum atomic E-state index is -5.20. The molecular formula is C21H21F3N2O3. The lowest BCUT2D eigenvalue weighted by atomic mass is 10.0. The van der Waals surface area contributed by atoms with Crippen LogP contribution in [0.5, 0.6) is 0 Å². The van der Waals surface area contributed by atoms with Crippen molar-refractivity contribution in [1.29, 1.82) is 0 Å². The molecule has 1 aliphatic rings. The Bertz CT molecular complexity index is 871. The van der Waals surface area contributed by atoms with Gasteiger partial charge in [0.15, 0.2) is 0 Å². The molecule has 2 aromatic rings. The van der Waals surface area contributed by atoms with Crippen LogP contribution in [0.1, 0.15) is 30.5 Å². The first-order chi connectivity index (χ1) is 13.8. The van der Waals surface area contributed by atoms with Crippen LogP contribution in [0.3, 0.4) is 0 Å². The van der Waals surface area contributed by atoms with Gasteiger partial charge in [-0.15, -0.1) is 0 Å². The third kappa shape index (κ3) is 4.95. The van der Waals surface area contributed by atoms with E-state index in [1.165, 1.54) is 4.90 Å². The van der Waals surface area contributed by atoms with Crippen molar-refractivity contribution in [3.05, 3.63) is 65.7 Å². The number of aryl methyl sites for hydroxylation is 1. The van der Waals surface area contributed by atoms with E-state index in [-0.39, 0.29) is 0 Å². The molecule has 0 aromatic heterocycles. The molecule has 0 saturated heterocycles. The molecule has 0 saturated carbocycles. The minimum Gasteiger partial charge on any atom is -0.430 e. The highest BCUT2D eigenvalue weighted by atomic mass is 19.4. The lowest BCUT2D eigenvalue weighted by Gasteiger charge is -2.33. The fourth-order valence-corrected chi connectivity index (χ4v) is 3.30. The number of nitrogens with one attached hydrogen (secondary N) is 1. The van der Waals surface area contributed by atoms with Crippen molar-refractivity contribution in [2.45, 2.75) is 38.2 Å². The summed E-state index contributed by atoms with van der Waals surface area (Å²) in [6.07, 6.45) is -5.54. The normalized spacial score (nSPS) is 15.9. The summed E-state index contributed by atoms with van der Waals surface area (Å²) in [5.41, 5.74) is 2.28. The van der Waals surface area contributed by atoms with E-state index < -0.39 is 30.3 Å². The van der Waals surface area contributed by atoms with Crippen LogP contribution in [-0.2, 0) is 20.7 Å². The van der Waals surface area contributed by atoms with E-state index in [2.05, 4.69) is 10.1 Å². The number of fused-ring (bicyclic) bond motifs is 1. The predicted octanol–water partition coefficient (Wildman–Crippen LogP) is 3.75. The Balaban J connectivity index is 1.86. The molecule has 0 aliphatic carbocycles. The summed E-state index contributed by atoms with van der Waals surface area (Å²) in [5.74, 6) is -3.15. The molecule has 1 amide bonds. The minimum absolute atomic E-state index is 0.331. The van der Waals surface area contributed by atoms with Crippen molar-refractivity contribution < 1.29 is 27.5 Å². The Kier molecular flexibility index (Phi) is 6.22. The lowest BCUT2D eigenvalue weighted by molar-refractivity contribution is -0.206. The molecule has 0 bridgehead atoms. The Morgan fingerprint density at radius 3 is 2.41 bits per heavy atom. The highest BCUT2D eigenvalue weighted by Crippen LogP contribution is 2.28. The van der Waals surface area contributed by atoms with E-state index in [1.807, 2.05) is 12.1 Å². The number of rotatable bonds is 5. The molecule has 0 radical (unpaired) electrons. The van der Waals surface area contributed by atoms with Crippen molar-refractivity contribution >= 4 is 17.6 Å². The van der Waals surface area contributed by atoms with Gasteiger partial charge < -0.3 is 9.64 Å². The van der Waals surface area contributed by atoms with Crippen LogP contribution in [0.25, 0.3) is 0 Å². The standard InChI is InChI=1S/C21H21F3N2O3/c1-14(15-8-3-2-4-9-15)25-18(29-20(28)21(22,23)24)19(27)26-13-7-11-16-10-5-6-12-17(16)26/h2-6,8-10,12,14,18,25H,7,11,13H2,1H3/t14-,18?/m1/s1. The zero-order valence-corrected chi connectivity index (χ0v) is 15.8. The molecule has 1 N–H and O–H groups in total. The quantitative estimate of drug-likeness (QED) is 0.607. The number of ether oxygens (including phenoxy) is 1. The summed E-state index contributed by atoms with van der Waals surface area (Å²) in [4.78, 5) is 25.9. The number of carbonyl (C=O) groups is 2. The molecule has 3 rings (SSSR count). The molecule has 2 aromatic carbocycles. The number of esters is 1. The number of hydrogen-bond donors (Lipinski definition) is 1. The SMILES string of the molecule is C[C@@H](NC(OC(=O)C(F)(F)F)C(=O)N1CCCc2ccccc21)c1ccccc1. The van der Waals surface area contributed by atoms with Crippen LogP contribution in [0.2, 0.25) is 0 Å². The Hall–Kier alpha value is -2.87.